The summed E-state index contributed by atoms with van der Waals surface area (Å²) in [5.74, 6) is -0.211. The number of ether oxygens (including phenoxy) is 1. The molecule has 0 unspecified atom stereocenters. The minimum Gasteiger partial charge on any atom is -0.370 e. The zero-order chi connectivity index (χ0) is 18.8. The van der Waals surface area contributed by atoms with E-state index in [1.165, 1.54) is 17.3 Å². The van der Waals surface area contributed by atoms with Crippen LogP contribution in [0.1, 0.15) is 37.2 Å². The molecule has 2 N–H and O–H groups in total. The topological polar surface area (TPSA) is 88.9 Å². The average molecular weight is 364 g/mol. The van der Waals surface area contributed by atoms with Crippen LogP contribution in [0.25, 0.3) is 0 Å². The maximum Gasteiger partial charge on any atom is 0.274 e. The van der Waals surface area contributed by atoms with Gasteiger partial charge in [-0.05, 0) is 13.3 Å². The highest BCUT2D eigenvalue weighted by atomic mass is 16.5. The molecule has 2 rings (SSSR count). The lowest BCUT2D eigenvalue weighted by atomic mass is 10.2. The maximum absolute atomic E-state index is 12.8. The number of nitrogens with one attached hydrogen (secondary N) is 2. The zero-order valence-electron chi connectivity index (χ0n) is 15.7. The summed E-state index contributed by atoms with van der Waals surface area (Å²) in [5.41, 5.74) is 0.312. The van der Waals surface area contributed by atoms with Gasteiger partial charge in [0.2, 0.25) is 5.91 Å². The van der Waals surface area contributed by atoms with E-state index in [-0.39, 0.29) is 24.3 Å². The summed E-state index contributed by atoms with van der Waals surface area (Å²) in [5, 5.41) is 2.94. The van der Waals surface area contributed by atoms with Crippen molar-refractivity contribution in [3.05, 3.63) is 24.3 Å². The Hall–Kier alpha value is -2.06. The molecule has 0 aromatic carbocycles. The van der Waals surface area contributed by atoms with E-state index in [1.54, 1.807) is 11.1 Å². The van der Waals surface area contributed by atoms with Crippen LogP contribution in [-0.2, 0) is 9.53 Å². The molecule has 144 valence electrons. The first kappa shape index (κ1) is 20.3. The molecular weight excluding hydrogens is 334 g/mol. The molecule has 8 heteroatoms. The quantitative estimate of drug-likeness (QED) is 0.595. The number of amides is 2. The van der Waals surface area contributed by atoms with Crippen molar-refractivity contribution in [2.24, 2.45) is 0 Å². The first-order valence-electron chi connectivity index (χ1n) is 9.36. The highest BCUT2D eigenvalue weighted by molar-refractivity contribution is 5.92. The van der Waals surface area contributed by atoms with Crippen LogP contribution in [0.2, 0.25) is 0 Å². The third-order valence-electron chi connectivity index (χ3n) is 4.63. The normalized spacial score (nSPS) is 16.1. The minimum atomic E-state index is -0.179. The second-order valence-corrected chi connectivity index (χ2v) is 6.62. The number of carbonyl (C=O) groups excluding carboxylic acids is 2. The van der Waals surface area contributed by atoms with Gasteiger partial charge in [0.25, 0.3) is 5.91 Å². The Labute approximate surface area is 154 Å². The van der Waals surface area contributed by atoms with Crippen molar-refractivity contribution in [3.8, 4) is 0 Å². The number of morpholine rings is 1. The van der Waals surface area contributed by atoms with E-state index >= 15 is 0 Å². The molecule has 26 heavy (non-hydrogen) atoms. The summed E-state index contributed by atoms with van der Waals surface area (Å²) < 4.78 is 5.38. The van der Waals surface area contributed by atoms with Gasteiger partial charge in [0.15, 0.2) is 0 Å². The highest BCUT2D eigenvalue weighted by Gasteiger charge is 2.21. The van der Waals surface area contributed by atoms with Crippen molar-refractivity contribution in [3.63, 3.8) is 0 Å². The molecule has 1 fully saturated rings. The molecule has 1 aromatic heterocycles. The first-order chi connectivity index (χ1) is 12.6. The number of hydrogen-bond acceptors (Lipinski definition) is 5. The fraction of sp³-hybridized carbons (Fsp3) is 0.667. The molecule has 1 aliphatic rings. The van der Waals surface area contributed by atoms with Crippen LogP contribution in [0.4, 0.5) is 0 Å². The molecule has 1 saturated heterocycles. The van der Waals surface area contributed by atoms with E-state index in [4.69, 9.17) is 4.74 Å². The van der Waals surface area contributed by atoms with Gasteiger partial charge in [-0.15, -0.1) is 0 Å². The second-order valence-electron chi connectivity index (χ2n) is 6.62. The van der Waals surface area contributed by atoms with E-state index in [9.17, 15) is 9.59 Å². The van der Waals surface area contributed by atoms with Gasteiger partial charge in [0, 0.05) is 31.4 Å². The Balaban J connectivity index is 1.93. The number of nitrogens with zero attached hydrogens (tertiary/aromatic N) is 3. The van der Waals surface area contributed by atoms with Gasteiger partial charge in [0.1, 0.15) is 18.8 Å². The summed E-state index contributed by atoms with van der Waals surface area (Å²) in [6.07, 6.45) is 5.69. The van der Waals surface area contributed by atoms with Gasteiger partial charge in [-0.1, -0.05) is 6.92 Å². The summed E-state index contributed by atoms with van der Waals surface area (Å²) in [6, 6.07) is 0.143. The fourth-order valence-corrected chi connectivity index (χ4v) is 2.78. The molecule has 8 nitrogen and oxygen atoms in total. The number of aromatic nitrogens is 2. The largest absolute Gasteiger partial charge is 0.370 e. The molecule has 0 aliphatic carbocycles. The molecule has 0 spiro atoms. The van der Waals surface area contributed by atoms with Crippen LogP contribution in [0, 0.1) is 0 Å². The summed E-state index contributed by atoms with van der Waals surface area (Å²) >= 11 is 0. The Morgan fingerprint density at radius 3 is 2.73 bits per heavy atom. The van der Waals surface area contributed by atoms with Gasteiger partial charge in [-0.25, -0.2) is 4.98 Å². The number of rotatable bonds is 9. The minimum absolute atomic E-state index is 0.0324. The fourth-order valence-electron chi connectivity index (χ4n) is 2.78. The SMILES string of the molecule is CC[C@@H](C)NC(=O)CCN(CC[NH+]1CCOCC1)C(=O)c1cnccn1. The van der Waals surface area contributed by atoms with Gasteiger partial charge in [-0.2, -0.15) is 0 Å². The Bertz CT molecular complexity index is 563. The van der Waals surface area contributed by atoms with E-state index in [0.717, 1.165) is 39.3 Å². The molecule has 1 aromatic rings. The molecule has 0 bridgehead atoms. The molecule has 1 aliphatic heterocycles. The van der Waals surface area contributed by atoms with Gasteiger partial charge in [-0.3, -0.25) is 14.6 Å². The van der Waals surface area contributed by atoms with Crippen LogP contribution >= 0.6 is 0 Å². The van der Waals surface area contributed by atoms with Crippen LogP contribution in [-0.4, -0.2) is 78.7 Å². The predicted octanol–water partition coefficient (Wildman–Crippen LogP) is -0.861. The van der Waals surface area contributed by atoms with Crippen molar-refractivity contribution in [2.75, 3.05) is 45.9 Å². The monoisotopic (exact) mass is 364 g/mol. The second kappa shape index (κ2) is 10.8. The third-order valence-corrected chi connectivity index (χ3v) is 4.63. The van der Waals surface area contributed by atoms with Gasteiger partial charge >= 0.3 is 0 Å². The average Bonchev–Trinajstić information content (AvgIpc) is 2.69. The predicted molar refractivity (Wildman–Crippen MR) is 96.8 cm³/mol. The van der Waals surface area contributed by atoms with Crippen LogP contribution in [0.3, 0.4) is 0 Å². The Morgan fingerprint density at radius 2 is 2.08 bits per heavy atom. The van der Waals surface area contributed by atoms with E-state index < -0.39 is 0 Å². The lowest BCUT2D eigenvalue weighted by Gasteiger charge is -2.27. The molecule has 1 atom stereocenters. The van der Waals surface area contributed by atoms with E-state index in [0.29, 0.717) is 18.8 Å². The number of carbonyl (C=O) groups is 2. The van der Waals surface area contributed by atoms with Gasteiger partial charge < -0.3 is 19.9 Å². The van der Waals surface area contributed by atoms with E-state index in [1.807, 2.05) is 13.8 Å². The lowest BCUT2D eigenvalue weighted by molar-refractivity contribution is -0.907. The zero-order valence-corrected chi connectivity index (χ0v) is 15.7. The smallest absolute Gasteiger partial charge is 0.274 e. The van der Waals surface area contributed by atoms with Crippen LogP contribution < -0.4 is 10.2 Å². The molecule has 2 amide bonds. The maximum atomic E-state index is 12.8. The van der Waals surface area contributed by atoms with Crippen molar-refractivity contribution in [2.45, 2.75) is 32.7 Å². The van der Waals surface area contributed by atoms with E-state index in [2.05, 4.69) is 15.3 Å². The Kier molecular flexibility index (Phi) is 8.43. The summed E-state index contributed by atoms with van der Waals surface area (Å²) in [4.78, 5) is 36.0. The number of quaternary nitrogens is 1. The van der Waals surface area contributed by atoms with Crippen molar-refractivity contribution in [1.82, 2.24) is 20.2 Å². The molecule has 0 radical (unpaired) electrons. The van der Waals surface area contributed by atoms with Crippen LogP contribution in [0.5, 0.6) is 0 Å². The molecule has 0 saturated carbocycles. The van der Waals surface area contributed by atoms with Crippen molar-refractivity contribution < 1.29 is 19.2 Å². The highest BCUT2D eigenvalue weighted by Crippen LogP contribution is 2.02. The van der Waals surface area contributed by atoms with Crippen molar-refractivity contribution >= 4 is 11.8 Å². The Morgan fingerprint density at radius 1 is 1.31 bits per heavy atom. The first-order valence-corrected chi connectivity index (χ1v) is 9.36. The van der Waals surface area contributed by atoms with Gasteiger partial charge in [0.05, 0.1) is 32.5 Å². The van der Waals surface area contributed by atoms with Crippen molar-refractivity contribution in [1.29, 1.82) is 0 Å². The molecule has 2 heterocycles. The lowest BCUT2D eigenvalue weighted by Crippen LogP contribution is -3.14. The van der Waals surface area contributed by atoms with Crippen LogP contribution in [0.15, 0.2) is 18.6 Å². The third kappa shape index (κ3) is 6.68. The number of hydrogen-bond donors (Lipinski definition) is 2. The molecular formula is C18H30N5O3+. The standard InChI is InChI=1S/C18H29N5O3/c1-3-15(2)21-17(24)4-7-23(9-8-22-10-12-26-13-11-22)18(25)16-14-19-5-6-20-16/h5-6,14-15H,3-4,7-13H2,1-2H3,(H,21,24)/p+1/t15-/m1/s1. The summed E-state index contributed by atoms with van der Waals surface area (Å²) in [6.45, 7) is 9.20. The summed E-state index contributed by atoms with van der Waals surface area (Å²) in [7, 11) is 0.